The predicted molar refractivity (Wildman–Crippen MR) is 100 cm³/mol. The Morgan fingerprint density at radius 2 is 1.83 bits per heavy atom. The van der Waals surface area contributed by atoms with E-state index in [4.69, 9.17) is 17.0 Å². The molecule has 2 rings (SSSR count). The zero-order valence-electron chi connectivity index (χ0n) is 13.1. The lowest BCUT2D eigenvalue weighted by molar-refractivity contribution is 0.0977. The summed E-state index contributed by atoms with van der Waals surface area (Å²) >= 11 is 8.59. The maximum atomic E-state index is 12.3. The van der Waals surface area contributed by atoms with Crippen molar-refractivity contribution in [3.05, 3.63) is 57.6 Å². The van der Waals surface area contributed by atoms with Gasteiger partial charge in [0.2, 0.25) is 0 Å². The number of thiocarbonyl (C=S) groups is 1. The highest BCUT2D eigenvalue weighted by Crippen LogP contribution is 2.25. The molecule has 0 saturated carbocycles. The van der Waals surface area contributed by atoms with Crippen molar-refractivity contribution in [1.29, 1.82) is 0 Å². The average molecular weight is 393 g/mol. The fourth-order valence-electron chi connectivity index (χ4n) is 2.14. The molecule has 120 valence electrons. The van der Waals surface area contributed by atoms with Gasteiger partial charge in [-0.15, -0.1) is 0 Å². The number of benzene rings is 2. The molecule has 0 heterocycles. The maximum Gasteiger partial charge on any atom is 0.257 e. The minimum atomic E-state index is -0.280. The van der Waals surface area contributed by atoms with Gasteiger partial charge < -0.3 is 10.1 Å². The zero-order chi connectivity index (χ0) is 17.0. The highest BCUT2D eigenvalue weighted by Gasteiger charge is 2.11. The minimum Gasteiger partial charge on any atom is -0.496 e. The van der Waals surface area contributed by atoms with E-state index in [1.165, 1.54) is 0 Å². The van der Waals surface area contributed by atoms with Gasteiger partial charge in [0.15, 0.2) is 5.11 Å². The molecular formula is C17H17BrN2O2S. The summed E-state index contributed by atoms with van der Waals surface area (Å²) in [5, 5.41) is 6.03. The highest BCUT2D eigenvalue weighted by molar-refractivity contribution is 9.10. The fraction of sp³-hybridized carbons (Fsp3) is 0.176. The molecule has 0 saturated heterocycles. The molecule has 0 aliphatic heterocycles. The summed E-state index contributed by atoms with van der Waals surface area (Å²) < 4.78 is 5.86. The Bertz CT molecular complexity index is 742. The molecular weight excluding hydrogens is 376 g/mol. The molecule has 2 aromatic carbocycles. The number of amides is 1. The Balaban J connectivity index is 2.08. The van der Waals surface area contributed by atoms with Gasteiger partial charge in [-0.05, 0) is 71.3 Å². The first-order valence-corrected chi connectivity index (χ1v) is 8.14. The van der Waals surface area contributed by atoms with Gasteiger partial charge in [0.05, 0.1) is 11.6 Å². The summed E-state index contributed by atoms with van der Waals surface area (Å²) in [5.74, 6) is 0.384. The number of methoxy groups -OCH3 is 1. The molecule has 0 bridgehead atoms. The van der Waals surface area contributed by atoms with Crippen molar-refractivity contribution in [2.24, 2.45) is 0 Å². The monoisotopic (exact) mass is 392 g/mol. The van der Waals surface area contributed by atoms with Crippen molar-refractivity contribution in [2.75, 3.05) is 12.4 Å². The first-order valence-electron chi connectivity index (χ1n) is 6.94. The summed E-state index contributed by atoms with van der Waals surface area (Å²) in [7, 11) is 1.57. The van der Waals surface area contributed by atoms with Crippen LogP contribution in [0.2, 0.25) is 0 Å². The van der Waals surface area contributed by atoms with Crippen LogP contribution in [0.4, 0.5) is 5.69 Å². The van der Waals surface area contributed by atoms with Gasteiger partial charge in [-0.2, -0.15) is 0 Å². The van der Waals surface area contributed by atoms with Crippen LogP contribution in [0.1, 0.15) is 21.5 Å². The topological polar surface area (TPSA) is 50.4 Å². The smallest absolute Gasteiger partial charge is 0.257 e. The summed E-state index contributed by atoms with van der Waals surface area (Å²) in [4.78, 5) is 12.3. The third-order valence-corrected chi connectivity index (χ3v) is 4.18. The van der Waals surface area contributed by atoms with E-state index in [1.807, 2.05) is 32.0 Å². The van der Waals surface area contributed by atoms with Crippen molar-refractivity contribution in [2.45, 2.75) is 13.8 Å². The van der Waals surface area contributed by atoms with E-state index < -0.39 is 0 Å². The lowest BCUT2D eigenvalue weighted by Crippen LogP contribution is -2.34. The van der Waals surface area contributed by atoms with Crippen molar-refractivity contribution in [3.8, 4) is 5.75 Å². The molecule has 0 unspecified atom stereocenters. The van der Waals surface area contributed by atoms with Crippen LogP contribution in [-0.2, 0) is 0 Å². The van der Waals surface area contributed by atoms with E-state index in [2.05, 4.69) is 26.6 Å². The van der Waals surface area contributed by atoms with Gasteiger partial charge >= 0.3 is 0 Å². The molecule has 1 amide bonds. The van der Waals surface area contributed by atoms with Crippen LogP contribution in [-0.4, -0.2) is 18.1 Å². The third kappa shape index (κ3) is 4.30. The van der Waals surface area contributed by atoms with Crippen molar-refractivity contribution >= 4 is 44.9 Å². The van der Waals surface area contributed by atoms with E-state index in [9.17, 15) is 4.79 Å². The summed E-state index contributed by atoms with van der Waals surface area (Å²) in [6.45, 7) is 3.97. The lowest BCUT2D eigenvalue weighted by atomic mass is 10.1. The van der Waals surface area contributed by atoms with Gasteiger partial charge in [0.25, 0.3) is 5.91 Å². The van der Waals surface area contributed by atoms with Crippen LogP contribution in [0.5, 0.6) is 5.75 Å². The molecule has 0 aliphatic carbocycles. The molecule has 0 spiro atoms. The molecule has 0 radical (unpaired) electrons. The van der Waals surface area contributed by atoms with E-state index in [0.717, 1.165) is 16.8 Å². The number of anilines is 1. The Labute approximate surface area is 149 Å². The second kappa shape index (κ2) is 7.57. The first-order chi connectivity index (χ1) is 10.9. The maximum absolute atomic E-state index is 12.3. The van der Waals surface area contributed by atoms with Gasteiger partial charge in [-0.3, -0.25) is 10.1 Å². The highest BCUT2D eigenvalue weighted by atomic mass is 79.9. The number of hydrogen-bond acceptors (Lipinski definition) is 3. The van der Waals surface area contributed by atoms with Gasteiger partial charge in [-0.1, -0.05) is 18.2 Å². The van der Waals surface area contributed by atoms with Crippen molar-refractivity contribution in [1.82, 2.24) is 5.32 Å². The molecule has 0 fully saturated rings. The van der Waals surface area contributed by atoms with Crippen LogP contribution in [0.15, 0.2) is 40.9 Å². The van der Waals surface area contributed by atoms with Gasteiger partial charge in [-0.25, -0.2) is 0 Å². The van der Waals surface area contributed by atoms with Crippen molar-refractivity contribution < 1.29 is 9.53 Å². The molecule has 23 heavy (non-hydrogen) atoms. The molecule has 0 aliphatic rings. The Morgan fingerprint density at radius 3 is 2.39 bits per heavy atom. The number of rotatable bonds is 3. The number of carbonyl (C=O) groups is 1. The quantitative estimate of drug-likeness (QED) is 0.768. The predicted octanol–water partition coefficient (Wildman–Crippen LogP) is 4.20. The number of para-hydroxylation sites is 1. The number of hydrogen-bond donors (Lipinski definition) is 2. The van der Waals surface area contributed by atoms with E-state index in [1.54, 1.807) is 25.3 Å². The first kappa shape index (κ1) is 17.4. The number of aryl methyl sites for hydroxylation is 2. The second-order valence-electron chi connectivity index (χ2n) is 5.02. The third-order valence-electron chi connectivity index (χ3n) is 3.36. The van der Waals surface area contributed by atoms with E-state index in [-0.39, 0.29) is 11.0 Å². The average Bonchev–Trinajstić information content (AvgIpc) is 2.51. The van der Waals surface area contributed by atoms with Crippen molar-refractivity contribution in [3.63, 3.8) is 0 Å². The largest absolute Gasteiger partial charge is 0.496 e. The number of ether oxygens (including phenoxy) is 1. The summed E-state index contributed by atoms with van der Waals surface area (Å²) in [5.41, 5.74) is 3.53. The van der Waals surface area contributed by atoms with Gasteiger partial charge in [0, 0.05) is 11.3 Å². The molecule has 0 atom stereocenters. The second-order valence-corrected chi connectivity index (χ2v) is 6.29. The number of carbonyl (C=O) groups excluding carboxylic acids is 1. The SMILES string of the molecule is COc1ccc(C(=O)NC(=S)Nc2c(C)cccc2C)cc1Br. The molecule has 2 N–H and O–H groups in total. The Kier molecular flexibility index (Phi) is 5.74. The summed E-state index contributed by atoms with van der Waals surface area (Å²) in [6, 6.07) is 11.0. The zero-order valence-corrected chi connectivity index (χ0v) is 15.5. The number of nitrogens with one attached hydrogen (secondary N) is 2. The van der Waals surface area contributed by atoms with Gasteiger partial charge in [0.1, 0.15) is 5.75 Å². The van der Waals surface area contributed by atoms with Crippen LogP contribution < -0.4 is 15.4 Å². The van der Waals surface area contributed by atoms with Crippen LogP contribution in [0.25, 0.3) is 0 Å². The molecule has 6 heteroatoms. The van der Waals surface area contributed by atoms with Crippen LogP contribution in [0.3, 0.4) is 0 Å². The molecule has 4 nitrogen and oxygen atoms in total. The minimum absolute atomic E-state index is 0.263. The lowest BCUT2D eigenvalue weighted by Gasteiger charge is -2.14. The fourth-order valence-corrected chi connectivity index (χ4v) is 2.87. The Hall–Kier alpha value is -1.92. The standard InChI is InChI=1S/C17H17BrN2O2S/c1-10-5-4-6-11(2)15(10)19-17(23)20-16(21)12-7-8-14(22-3)13(18)9-12/h4-9H,1-3H3,(H2,19,20,21,23). The number of halogens is 1. The van der Waals surface area contributed by atoms with E-state index in [0.29, 0.717) is 15.8 Å². The molecule has 0 aromatic heterocycles. The normalized spacial score (nSPS) is 10.1. The van der Waals surface area contributed by atoms with Crippen LogP contribution >= 0.6 is 28.1 Å². The molecule has 2 aromatic rings. The Morgan fingerprint density at radius 1 is 1.17 bits per heavy atom. The van der Waals surface area contributed by atoms with Crippen LogP contribution in [0, 0.1) is 13.8 Å². The summed E-state index contributed by atoms with van der Waals surface area (Å²) in [6.07, 6.45) is 0. The van der Waals surface area contributed by atoms with E-state index >= 15 is 0 Å².